The predicted octanol–water partition coefficient (Wildman–Crippen LogP) is 4.25. The molecule has 0 aromatic heterocycles. The molecule has 0 saturated heterocycles. The van der Waals surface area contributed by atoms with Crippen LogP contribution < -0.4 is 0 Å². The van der Waals surface area contributed by atoms with E-state index in [1.807, 2.05) is 43.3 Å². The fraction of sp³-hybridized carbons (Fsp3) is 0.360. The van der Waals surface area contributed by atoms with Gasteiger partial charge in [0.15, 0.2) is 11.9 Å². The van der Waals surface area contributed by atoms with Gasteiger partial charge in [0.2, 0.25) is 5.78 Å². The average Bonchev–Trinajstić information content (AvgIpc) is 3.61. The minimum atomic E-state index is -1.21. The zero-order valence-electron chi connectivity index (χ0n) is 16.9. The van der Waals surface area contributed by atoms with Crippen LogP contribution in [-0.2, 0) is 14.3 Å². The van der Waals surface area contributed by atoms with E-state index >= 15 is 0 Å². The molecule has 1 heterocycles. The van der Waals surface area contributed by atoms with Gasteiger partial charge in [-0.25, -0.2) is 4.79 Å². The molecule has 2 aliphatic rings. The molecule has 0 bridgehead atoms. The summed E-state index contributed by atoms with van der Waals surface area (Å²) in [7, 11) is 0. The zero-order valence-corrected chi connectivity index (χ0v) is 16.9. The van der Waals surface area contributed by atoms with E-state index in [0.29, 0.717) is 12.0 Å². The Balaban J connectivity index is 1.67. The molecule has 1 aliphatic heterocycles. The molecule has 2 N–H and O–H groups in total. The topological polar surface area (TPSA) is 83.8 Å². The lowest BCUT2D eigenvalue weighted by molar-refractivity contribution is -0.161. The largest absolute Gasteiger partial charge is 0.504 e. The molecule has 5 heteroatoms. The molecule has 4 rings (SSSR count). The van der Waals surface area contributed by atoms with Crippen molar-refractivity contribution in [2.75, 3.05) is 0 Å². The second-order valence-electron chi connectivity index (χ2n) is 8.11. The number of ether oxygens (including phenoxy) is 1. The summed E-state index contributed by atoms with van der Waals surface area (Å²) in [5, 5.41) is 21.7. The number of Topliss-reactive ketones (excluding diaryl/α,β-unsaturated/α-hetero) is 1. The quantitative estimate of drug-likeness (QED) is 0.672. The van der Waals surface area contributed by atoms with Crippen molar-refractivity contribution in [1.29, 1.82) is 0 Å². The van der Waals surface area contributed by atoms with Crippen LogP contribution in [-0.4, -0.2) is 28.1 Å². The van der Waals surface area contributed by atoms with Gasteiger partial charge in [-0.3, -0.25) is 4.79 Å². The van der Waals surface area contributed by atoms with Gasteiger partial charge >= 0.3 is 5.97 Å². The molecular formula is C25H26O5. The number of cyclic esters (lactones) is 1. The molecule has 1 saturated carbocycles. The third kappa shape index (κ3) is 3.77. The first-order chi connectivity index (χ1) is 14.5. The molecule has 30 heavy (non-hydrogen) atoms. The smallest absolute Gasteiger partial charge is 0.339 e. The monoisotopic (exact) mass is 406 g/mol. The fourth-order valence-corrected chi connectivity index (χ4v) is 4.42. The molecule has 5 nitrogen and oxygen atoms in total. The Hall–Kier alpha value is -2.92. The number of hydrogen-bond acceptors (Lipinski definition) is 5. The van der Waals surface area contributed by atoms with E-state index in [1.54, 1.807) is 24.3 Å². The van der Waals surface area contributed by atoms with Gasteiger partial charge in [-0.2, -0.15) is 0 Å². The fourth-order valence-electron chi connectivity index (χ4n) is 4.42. The summed E-state index contributed by atoms with van der Waals surface area (Å²) < 4.78 is 5.59. The van der Waals surface area contributed by atoms with Crippen LogP contribution in [0.25, 0.3) is 0 Å². The average molecular weight is 406 g/mol. The number of ketones is 1. The molecule has 2 aromatic rings. The van der Waals surface area contributed by atoms with Gasteiger partial charge in [0.1, 0.15) is 0 Å². The van der Waals surface area contributed by atoms with Crippen molar-refractivity contribution in [2.24, 2.45) is 11.8 Å². The molecule has 1 aliphatic carbocycles. The summed E-state index contributed by atoms with van der Waals surface area (Å²) in [6.07, 6.45) is 0.0854. The van der Waals surface area contributed by atoms with Crippen LogP contribution in [0.2, 0.25) is 0 Å². The van der Waals surface area contributed by atoms with Crippen molar-refractivity contribution in [3.63, 3.8) is 0 Å². The van der Waals surface area contributed by atoms with E-state index < -0.39 is 35.6 Å². The Bertz CT molecular complexity index is 946. The van der Waals surface area contributed by atoms with E-state index in [4.69, 9.17) is 4.74 Å². The van der Waals surface area contributed by atoms with Crippen molar-refractivity contribution in [2.45, 2.75) is 44.3 Å². The molecule has 0 radical (unpaired) electrons. The summed E-state index contributed by atoms with van der Waals surface area (Å²) in [6.45, 7) is 1.82. The highest BCUT2D eigenvalue weighted by atomic mass is 16.6. The van der Waals surface area contributed by atoms with Gasteiger partial charge in [0, 0.05) is 11.8 Å². The maximum absolute atomic E-state index is 13.1. The van der Waals surface area contributed by atoms with Crippen molar-refractivity contribution in [3.05, 3.63) is 83.1 Å². The Labute approximate surface area is 176 Å². The number of esters is 1. The molecule has 1 unspecified atom stereocenters. The number of carbonyl (C=O) groups is 2. The predicted molar refractivity (Wildman–Crippen MR) is 112 cm³/mol. The highest BCUT2D eigenvalue weighted by molar-refractivity contribution is 6.09. The minimum absolute atomic E-state index is 0.0500. The zero-order chi connectivity index (χ0) is 21.3. The van der Waals surface area contributed by atoms with Crippen LogP contribution in [0.5, 0.6) is 0 Å². The molecule has 0 spiro atoms. The summed E-state index contributed by atoms with van der Waals surface area (Å²) in [5.41, 5.74) is 1.58. The maximum Gasteiger partial charge on any atom is 0.339 e. The van der Waals surface area contributed by atoms with E-state index in [9.17, 15) is 19.8 Å². The van der Waals surface area contributed by atoms with Crippen molar-refractivity contribution in [1.82, 2.24) is 0 Å². The second kappa shape index (κ2) is 8.44. The lowest BCUT2D eigenvalue weighted by Gasteiger charge is -2.33. The third-order valence-corrected chi connectivity index (χ3v) is 6.17. The number of benzene rings is 2. The van der Waals surface area contributed by atoms with Crippen molar-refractivity contribution >= 4 is 11.8 Å². The second-order valence-corrected chi connectivity index (χ2v) is 8.11. The lowest BCUT2D eigenvalue weighted by atomic mass is 9.80. The summed E-state index contributed by atoms with van der Waals surface area (Å²) >= 11 is 0. The van der Waals surface area contributed by atoms with Crippen molar-refractivity contribution < 1.29 is 24.5 Å². The van der Waals surface area contributed by atoms with Gasteiger partial charge in [0.05, 0.1) is 11.7 Å². The van der Waals surface area contributed by atoms with Gasteiger partial charge in [-0.05, 0) is 36.3 Å². The number of carbonyl (C=O) groups excluding carboxylic acids is 2. The number of aliphatic hydroxyl groups excluding tert-OH is 2. The van der Waals surface area contributed by atoms with Crippen molar-refractivity contribution in [3.8, 4) is 0 Å². The standard InChI is InChI=1S/C25H26O5/c1-2-18(21(26)17-11-7-4-8-12-17)24-23(28)22(27)20(25(29)30-24)19(16-13-14-16)15-9-5-3-6-10-15/h3-12,16,18-19,21,24,26-27H,2,13-14H2,1H3/t18-,19+,21+,24?/m1/s1. The van der Waals surface area contributed by atoms with Gasteiger partial charge in [-0.1, -0.05) is 67.6 Å². The summed E-state index contributed by atoms with van der Waals surface area (Å²) in [6, 6.07) is 18.4. The normalized spacial score (nSPS) is 22.4. The van der Waals surface area contributed by atoms with Crippen LogP contribution >= 0.6 is 0 Å². The molecule has 2 aromatic carbocycles. The van der Waals surface area contributed by atoms with Crippen LogP contribution in [0.1, 0.15) is 49.3 Å². The van der Waals surface area contributed by atoms with Crippen LogP contribution in [0, 0.1) is 11.8 Å². The maximum atomic E-state index is 13.1. The Morgan fingerprint density at radius 3 is 2.07 bits per heavy atom. The highest BCUT2D eigenvalue weighted by Crippen LogP contribution is 2.49. The lowest BCUT2D eigenvalue weighted by Crippen LogP contribution is -2.43. The molecule has 1 fully saturated rings. The molecule has 4 atom stereocenters. The molecule has 156 valence electrons. The number of aliphatic hydroxyl groups is 2. The van der Waals surface area contributed by atoms with E-state index in [1.165, 1.54) is 0 Å². The van der Waals surface area contributed by atoms with Gasteiger partial charge in [0.25, 0.3) is 0 Å². The first-order valence-electron chi connectivity index (χ1n) is 10.5. The summed E-state index contributed by atoms with van der Waals surface area (Å²) in [4.78, 5) is 26.1. The molecule has 0 amide bonds. The van der Waals surface area contributed by atoms with Crippen LogP contribution in [0.3, 0.4) is 0 Å². The first-order valence-corrected chi connectivity index (χ1v) is 10.5. The number of rotatable bonds is 7. The Morgan fingerprint density at radius 2 is 1.53 bits per heavy atom. The minimum Gasteiger partial charge on any atom is -0.504 e. The van der Waals surface area contributed by atoms with E-state index in [0.717, 1.165) is 18.4 Å². The van der Waals surface area contributed by atoms with Crippen LogP contribution in [0.4, 0.5) is 0 Å². The summed E-state index contributed by atoms with van der Waals surface area (Å²) in [5.74, 6) is -2.62. The Morgan fingerprint density at radius 1 is 0.967 bits per heavy atom. The number of hydrogen-bond donors (Lipinski definition) is 2. The van der Waals surface area contributed by atoms with Gasteiger partial charge in [-0.15, -0.1) is 0 Å². The van der Waals surface area contributed by atoms with E-state index in [-0.39, 0.29) is 17.4 Å². The SMILES string of the molecule is CC[C@@H](C1OC(=O)C([C@@H](c2ccccc2)C2CC2)=C(O)C1=O)[C@@H](O)c1ccccc1. The first kappa shape index (κ1) is 20.4. The van der Waals surface area contributed by atoms with E-state index in [2.05, 4.69) is 0 Å². The Kier molecular flexibility index (Phi) is 5.73. The molecular weight excluding hydrogens is 380 g/mol. The third-order valence-electron chi connectivity index (χ3n) is 6.17. The highest BCUT2D eigenvalue weighted by Gasteiger charge is 2.48. The van der Waals surface area contributed by atoms with Crippen LogP contribution in [0.15, 0.2) is 72.0 Å². The van der Waals surface area contributed by atoms with Gasteiger partial charge < -0.3 is 14.9 Å².